The van der Waals surface area contributed by atoms with Crippen molar-refractivity contribution in [2.24, 2.45) is 5.10 Å². The Kier molecular flexibility index (Phi) is 6.32. The fraction of sp³-hybridized carbons (Fsp3) is 0.174. The first-order valence-corrected chi connectivity index (χ1v) is 9.35. The number of benzene rings is 2. The monoisotopic (exact) mass is 402 g/mol. The van der Waals surface area contributed by atoms with Gasteiger partial charge in [-0.05, 0) is 52.9 Å². The molecular weight excluding hydrogens is 380 g/mol. The van der Waals surface area contributed by atoms with Gasteiger partial charge in [0.05, 0.1) is 18.0 Å². The Hall–Kier alpha value is -3.87. The van der Waals surface area contributed by atoms with E-state index in [1.165, 1.54) is 24.8 Å². The summed E-state index contributed by atoms with van der Waals surface area (Å²) in [5.74, 6) is -0.462. The minimum absolute atomic E-state index is 0.0216. The number of carbonyl (C=O) groups is 2. The first-order chi connectivity index (χ1) is 14.3. The van der Waals surface area contributed by atoms with Crippen LogP contribution in [0.15, 0.2) is 72.2 Å². The lowest BCUT2D eigenvalue weighted by Gasteiger charge is -2.18. The summed E-state index contributed by atoms with van der Waals surface area (Å²) in [5, 5.41) is 3.88. The van der Waals surface area contributed by atoms with Crippen molar-refractivity contribution in [2.45, 2.75) is 26.2 Å². The highest BCUT2D eigenvalue weighted by atomic mass is 16.5. The Balaban J connectivity index is 1.56. The van der Waals surface area contributed by atoms with Gasteiger partial charge in [0, 0.05) is 12.4 Å². The second kappa shape index (κ2) is 9.09. The third kappa shape index (κ3) is 5.57. The maximum atomic E-state index is 12.3. The first-order valence-electron chi connectivity index (χ1n) is 9.35. The largest absolute Gasteiger partial charge is 0.423 e. The van der Waals surface area contributed by atoms with Crippen molar-refractivity contribution in [2.75, 3.05) is 0 Å². The Bertz CT molecular complexity index is 1040. The number of esters is 1. The molecule has 1 N–H and O–H groups in total. The van der Waals surface area contributed by atoms with E-state index in [0.29, 0.717) is 11.3 Å². The number of aromatic nitrogens is 2. The predicted molar refractivity (Wildman–Crippen MR) is 114 cm³/mol. The molecule has 0 saturated carbocycles. The number of ether oxygens (including phenoxy) is 1. The summed E-state index contributed by atoms with van der Waals surface area (Å²) in [4.78, 5) is 31.9. The van der Waals surface area contributed by atoms with Crippen molar-refractivity contribution in [1.29, 1.82) is 0 Å². The predicted octanol–water partition coefficient (Wildman–Crippen LogP) is 3.76. The molecule has 0 atom stereocenters. The van der Waals surface area contributed by atoms with E-state index in [9.17, 15) is 9.59 Å². The molecule has 152 valence electrons. The normalized spacial score (nSPS) is 11.3. The van der Waals surface area contributed by atoms with Crippen LogP contribution in [-0.2, 0) is 5.41 Å². The Morgan fingerprint density at radius 2 is 1.70 bits per heavy atom. The van der Waals surface area contributed by atoms with Gasteiger partial charge in [0.2, 0.25) is 0 Å². The molecule has 0 bridgehead atoms. The molecule has 30 heavy (non-hydrogen) atoms. The lowest BCUT2D eigenvalue weighted by Crippen LogP contribution is -2.19. The molecule has 0 aliphatic carbocycles. The van der Waals surface area contributed by atoms with Crippen molar-refractivity contribution < 1.29 is 14.3 Å². The van der Waals surface area contributed by atoms with E-state index in [2.05, 4.69) is 41.3 Å². The summed E-state index contributed by atoms with van der Waals surface area (Å²) in [6.45, 7) is 6.35. The molecule has 1 amide bonds. The maximum absolute atomic E-state index is 12.3. The molecule has 0 aliphatic heterocycles. The van der Waals surface area contributed by atoms with Crippen LogP contribution < -0.4 is 10.2 Å². The van der Waals surface area contributed by atoms with Gasteiger partial charge in [0.25, 0.3) is 5.91 Å². The number of hydrogen-bond acceptors (Lipinski definition) is 6. The Labute approximate surface area is 174 Å². The highest BCUT2D eigenvalue weighted by Gasteiger charge is 2.15. The maximum Gasteiger partial charge on any atom is 0.343 e. The zero-order valence-corrected chi connectivity index (χ0v) is 17.0. The molecule has 0 unspecified atom stereocenters. The van der Waals surface area contributed by atoms with Crippen LogP contribution in [0.2, 0.25) is 0 Å². The Morgan fingerprint density at radius 3 is 2.30 bits per heavy atom. The molecule has 0 aliphatic rings. The molecule has 0 fully saturated rings. The molecule has 0 spiro atoms. The topological polar surface area (TPSA) is 93.5 Å². The fourth-order valence-corrected chi connectivity index (χ4v) is 2.53. The number of hydrogen-bond donors (Lipinski definition) is 1. The van der Waals surface area contributed by atoms with Crippen molar-refractivity contribution in [3.8, 4) is 5.75 Å². The molecule has 7 nitrogen and oxygen atoms in total. The van der Waals surface area contributed by atoms with E-state index in [4.69, 9.17) is 4.74 Å². The molecule has 2 aromatic carbocycles. The third-order valence-corrected chi connectivity index (χ3v) is 4.25. The van der Waals surface area contributed by atoms with Gasteiger partial charge in [-0.1, -0.05) is 32.9 Å². The van der Waals surface area contributed by atoms with Gasteiger partial charge >= 0.3 is 5.97 Å². The van der Waals surface area contributed by atoms with Crippen LogP contribution in [0.3, 0.4) is 0 Å². The van der Waals surface area contributed by atoms with Crippen molar-refractivity contribution in [3.63, 3.8) is 0 Å². The van der Waals surface area contributed by atoms with Crippen LogP contribution in [0.25, 0.3) is 0 Å². The zero-order chi connectivity index (χ0) is 21.6. The molecule has 0 saturated heterocycles. The summed E-state index contributed by atoms with van der Waals surface area (Å²) in [7, 11) is 0. The average Bonchev–Trinajstić information content (AvgIpc) is 2.75. The van der Waals surface area contributed by atoms with Gasteiger partial charge in [-0.3, -0.25) is 9.78 Å². The SMILES string of the molecule is CC(C)(C)c1ccc(C(=O)Oc2ccc(/C=N\NC(=O)c3cnccn3)cc2)cc1. The van der Waals surface area contributed by atoms with Crippen LogP contribution in [-0.4, -0.2) is 28.1 Å². The number of nitrogens with zero attached hydrogens (tertiary/aromatic N) is 3. The first kappa shape index (κ1) is 20.9. The molecule has 3 aromatic rings. The van der Waals surface area contributed by atoms with Gasteiger partial charge < -0.3 is 4.74 Å². The summed E-state index contributed by atoms with van der Waals surface area (Å²) < 4.78 is 5.41. The van der Waals surface area contributed by atoms with Crippen LogP contribution in [0.5, 0.6) is 5.75 Å². The lowest BCUT2D eigenvalue weighted by molar-refractivity contribution is 0.0734. The summed E-state index contributed by atoms with van der Waals surface area (Å²) in [6, 6.07) is 14.2. The highest BCUT2D eigenvalue weighted by Crippen LogP contribution is 2.22. The average molecular weight is 402 g/mol. The molecular formula is C23H22N4O3. The van der Waals surface area contributed by atoms with E-state index in [1.807, 2.05) is 12.1 Å². The van der Waals surface area contributed by atoms with Gasteiger partial charge in [0.15, 0.2) is 0 Å². The van der Waals surface area contributed by atoms with Crippen LogP contribution >= 0.6 is 0 Å². The summed E-state index contributed by atoms with van der Waals surface area (Å²) in [6.07, 6.45) is 5.74. The van der Waals surface area contributed by atoms with Gasteiger partial charge in [0.1, 0.15) is 11.4 Å². The second-order valence-electron chi connectivity index (χ2n) is 7.58. The fourth-order valence-electron chi connectivity index (χ4n) is 2.53. The number of nitrogens with one attached hydrogen (secondary N) is 1. The van der Waals surface area contributed by atoms with Crippen LogP contribution in [0.1, 0.15) is 52.7 Å². The minimum atomic E-state index is -0.456. The standard InChI is InChI=1S/C23H22N4O3/c1-23(2,3)18-8-6-17(7-9-18)22(29)30-19-10-4-16(5-11-19)14-26-27-21(28)20-15-24-12-13-25-20/h4-15H,1-3H3,(H,27,28)/b26-14-. The second-order valence-corrected chi connectivity index (χ2v) is 7.58. The van der Waals surface area contributed by atoms with E-state index in [-0.39, 0.29) is 11.1 Å². The molecule has 3 rings (SSSR count). The summed E-state index contributed by atoms with van der Waals surface area (Å²) in [5.41, 5.74) is 4.93. The number of carbonyl (C=O) groups excluding carboxylic acids is 2. The Morgan fingerprint density at radius 1 is 1.00 bits per heavy atom. The third-order valence-electron chi connectivity index (χ3n) is 4.25. The van der Waals surface area contributed by atoms with Gasteiger partial charge in [-0.15, -0.1) is 0 Å². The summed E-state index contributed by atoms with van der Waals surface area (Å²) >= 11 is 0. The van der Waals surface area contributed by atoms with Crippen molar-refractivity contribution in [3.05, 3.63) is 89.5 Å². The quantitative estimate of drug-likeness (QED) is 0.304. The van der Waals surface area contributed by atoms with Crippen LogP contribution in [0, 0.1) is 0 Å². The van der Waals surface area contributed by atoms with Crippen molar-refractivity contribution >= 4 is 18.1 Å². The molecule has 1 aromatic heterocycles. The molecule has 7 heteroatoms. The minimum Gasteiger partial charge on any atom is -0.423 e. The van der Waals surface area contributed by atoms with Crippen LogP contribution in [0.4, 0.5) is 0 Å². The number of rotatable bonds is 5. The molecule has 0 radical (unpaired) electrons. The van der Waals surface area contributed by atoms with Gasteiger partial charge in [-0.2, -0.15) is 5.10 Å². The zero-order valence-electron chi connectivity index (χ0n) is 17.0. The van der Waals surface area contributed by atoms with E-state index in [1.54, 1.807) is 36.4 Å². The van der Waals surface area contributed by atoms with Crippen molar-refractivity contribution in [1.82, 2.24) is 15.4 Å². The highest BCUT2D eigenvalue weighted by molar-refractivity contribution is 5.93. The molecule has 1 heterocycles. The lowest BCUT2D eigenvalue weighted by atomic mass is 9.87. The van der Waals surface area contributed by atoms with E-state index in [0.717, 1.165) is 11.1 Å². The van der Waals surface area contributed by atoms with E-state index >= 15 is 0 Å². The van der Waals surface area contributed by atoms with E-state index < -0.39 is 11.9 Å². The number of amides is 1. The smallest absolute Gasteiger partial charge is 0.343 e. The number of hydrazone groups is 1. The van der Waals surface area contributed by atoms with Gasteiger partial charge in [-0.25, -0.2) is 15.2 Å².